The van der Waals surface area contributed by atoms with E-state index in [9.17, 15) is 9.59 Å². The highest BCUT2D eigenvalue weighted by atomic mass is 16.2. The second-order valence-corrected chi connectivity index (χ2v) is 6.16. The number of anilines is 4. The van der Waals surface area contributed by atoms with Gasteiger partial charge in [0.2, 0.25) is 0 Å². The fraction of sp³-hybridized carbons (Fsp3) is 0.143. The second kappa shape index (κ2) is 9.32. The number of nitrogens with one attached hydrogen (secondary N) is 3. The number of para-hydroxylation sites is 1. The van der Waals surface area contributed by atoms with Gasteiger partial charge in [0.25, 0.3) is 5.91 Å². The lowest BCUT2D eigenvalue weighted by Crippen LogP contribution is -2.29. The van der Waals surface area contributed by atoms with Gasteiger partial charge in [0.15, 0.2) is 0 Å². The highest BCUT2D eigenvalue weighted by molar-refractivity contribution is 6.08. The Kier molecular flexibility index (Phi) is 6.36. The summed E-state index contributed by atoms with van der Waals surface area (Å²) in [4.78, 5) is 34.9. The summed E-state index contributed by atoms with van der Waals surface area (Å²) in [5, 5.41) is 8.19. The summed E-state index contributed by atoms with van der Waals surface area (Å²) in [6, 6.07) is 14.2. The van der Waals surface area contributed by atoms with Gasteiger partial charge in [-0.3, -0.25) is 15.1 Å². The summed E-state index contributed by atoms with van der Waals surface area (Å²) in [6.45, 7) is 2.32. The summed E-state index contributed by atoms with van der Waals surface area (Å²) in [6.07, 6.45) is 4.81. The summed E-state index contributed by atoms with van der Waals surface area (Å²) >= 11 is 0. The molecule has 3 N–H and O–H groups in total. The first-order valence-corrected chi connectivity index (χ1v) is 9.13. The molecule has 0 saturated heterocycles. The van der Waals surface area contributed by atoms with E-state index in [2.05, 4.69) is 25.9 Å². The number of hydrogen-bond acceptors (Lipinski definition) is 5. The van der Waals surface area contributed by atoms with Crippen molar-refractivity contribution >= 4 is 34.8 Å². The number of nitrogens with zero attached hydrogens (tertiary/aromatic N) is 3. The Labute approximate surface area is 169 Å². The third-order valence-corrected chi connectivity index (χ3v) is 4.13. The van der Waals surface area contributed by atoms with Crippen LogP contribution in [0.4, 0.5) is 27.7 Å². The van der Waals surface area contributed by atoms with Crippen LogP contribution in [-0.2, 0) is 0 Å². The van der Waals surface area contributed by atoms with Gasteiger partial charge >= 0.3 is 6.03 Å². The number of pyridine rings is 2. The first-order valence-electron chi connectivity index (χ1n) is 9.13. The monoisotopic (exact) mass is 390 g/mol. The van der Waals surface area contributed by atoms with E-state index in [1.165, 1.54) is 6.20 Å². The topological polar surface area (TPSA) is 99.3 Å². The van der Waals surface area contributed by atoms with E-state index in [0.717, 1.165) is 5.69 Å². The Bertz CT molecular complexity index is 979. The quantitative estimate of drug-likeness (QED) is 0.597. The molecule has 0 bridgehead atoms. The van der Waals surface area contributed by atoms with Gasteiger partial charge in [-0.05, 0) is 31.2 Å². The summed E-state index contributed by atoms with van der Waals surface area (Å²) in [5.41, 5.74) is 2.41. The molecule has 1 aromatic carbocycles. The maximum Gasteiger partial charge on any atom is 0.320 e. The van der Waals surface area contributed by atoms with Crippen molar-refractivity contribution in [3.63, 3.8) is 0 Å². The van der Waals surface area contributed by atoms with Gasteiger partial charge in [0, 0.05) is 37.7 Å². The normalized spacial score (nSPS) is 10.1. The standard InChI is InChI=1S/C21H22N6O2/c1-3-23-21(29)26-19-12-18(27(2)16-10-7-11-22-13-16)17(14-24-19)20(28)25-15-8-5-4-6-9-15/h4-14H,3H2,1-2H3,(H,25,28)(H2,23,24,26,29). The first-order chi connectivity index (χ1) is 14.1. The highest BCUT2D eigenvalue weighted by Gasteiger charge is 2.18. The van der Waals surface area contributed by atoms with Crippen LogP contribution in [0.5, 0.6) is 0 Å². The zero-order valence-electron chi connectivity index (χ0n) is 16.2. The largest absolute Gasteiger partial charge is 0.343 e. The Balaban J connectivity index is 1.95. The van der Waals surface area contributed by atoms with Crippen molar-refractivity contribution < 1.29 is 9.59 Å². The average molecular weight is 390 g/mol. The Morgan fingerprint density at radius 1 is 1.03 bits per heavy atom. The maximum absolute atomic E-state index is 12.9. The van der Waals surface area contributed by atoms with Crippen LogP contribution in [0.2, 0.25) is 0 Å². The minimum Gasteiger partial charge on any atom is -0.343 e. The number of amides is 3. The predicted molar refractivity (Wildman–Crippen MR) is 114 cm³/mol. The molecular formula is C21H22N6O2. The van der Waals surface area contributed by atoms with Gasteiger partial charge in [0.05, 0.1) is 23.1 Å². The van der Waals surface area contributed by atoms with Gasteiger partial charge in [-0.25, -0.2) is 9.78 Å². The molecule has 8 heteroatoms. The lowest BCUT2D eigenvalue weighted by atomic mass is 10.1. The Morgan fingerprint density at radius 3 is 2.52 bits per heavy atom. The highest BCUT2D eigenvalue weighted by Crippen LogP contribution is 2.29. The molecule has 2 aromatic heterocycles. The molecule has 2 heterocycles. The van der Waals surface area contributed by atoms with E-state index in [4.69, 9.17) is 0 Å². The minimum atomic E-state index is -0.364. The molecular weight excluding hydrogens is 368 g/mol. The van der Waals surface area contributed by atoms with Crippen molar-refractivity contribution in [1.29, 1.82) is 0 Å². The van der Waals surface area contributed by atoms with Crippen LogP contribution in [0.25, 0.3) is 0 Å². The lowest BCUT2D eigenvalue weighted by Gasteiger charge is -2.22. The SMILES string of the molecule is CCNC(=O)Nc1cc(N(C)c2cccnc2)c(C(=O)Nc2ccccc2)cn1. The predicted octanol–water partition coefficient (Wildman–Crippen LogP) is 3.64. The van der Waals surface area contributed by atoms with Crippen LogP contribution in [0.3, 0.4) is 0 Å². The molecule has 8 nitrogen and oxygen atoms in total. The van der Waals surface area contributed by atoms with Gasteiger partial charge in [-0.15, -0.1) is 0 Å². The van der Waals surface area contributed by atoms with Gasteiger partial charge in [-0.2, -0.15) is 0 Å². The molecule has 148 valence electrons. The third kappa shape index (κ3) is 5.07. The number of carbonyl (C=O) groups is 2. The number of aromatic nitrogens is 2. The molecule has 3 amide bonds. The van der Waals surface area contributed by atoms with Crippen molar-refractivity contribution in [2.75, 3.05) is 29.1 Å². The van der Waals surface area contributed by atoms with E-state index in [1.54, 1.807) is 30.6 Å². The van der Waals surface area contributed by atoms with Crippen LogP contribution in [-0.4, -0.2) is 35.5 Å². The lowest BCUT2D eigenvalue weighted by molar-refractivity contribution is 0.102. The van der Waals surface area contributed by atoms with E-state index in [0.29, 0.717) is 29.3 Å². The van der Waals surface area contributed by atoms with Crippen LogP contribution in [0.1, 0.15) is 17.3 Å². The molecule has 0 radical (unpaired) electrons. The van der Waals surface area contributed by atoms with E-state index in [-0.39, 0.29) is 11.9 Å². The molecule has 3 rings (SSSR count). The van der Waals surface area contributed by atoms with Crippen molar-refractivity contribution in [1.82, 2.24) is 15.3 Å². The first kappa shape index (κ1) is 19.8. The van der Waals surface area contributed by atoms with Crippen molar-refractivity contribution in [3.8, 4) is 0 Å². The number of benzene rings is 1. The molecule has 0 atom stereocenters. The number of rotatable bonds is 6. The molecule has 0 saturated carbocycles. The molecule has 0 unspecified atom stereocenters. The molecule has 0 spiro atoms. The molecule has 0 aliphatic heterocycles. The summed E-state index contributed by atoms with van der Waals surface area (Å²) < 4.78 is 0. The van der Waals surface area contributed by atoms with Gasteiger partial charge in [0.1, 0.15) is 5.82 Å². The maximum atomic E-state index is 12.9. The third-order valence-electron chi connectivity index (χ3n) is 4.13. The number of urea groups is 1. The summed E-state index contributed by atoms with van der Waals surface area (Å²) in [5.74, 6) is 0.0250. The van der Waals surface area contributed by atoms with Gasteiger partial charge < -0.3 is 15.5 Å². The van der Waals surface area contributed by atoms with Crippen LogP contribution < -0.4 is 20.9 Å². The fourth-order valence-electron chi connectivity index (χ4n) is 2.70. The summed E-state index contributed by atoms with van der Waals surface area (Å²) in [7, 11) is 1.82. The van der Waals surface area contributed by atoms with E-state index >= 15 is 0 Å². The number of hydrogen-bond donors (Lipinski definition) is 3. The van der Waals surface area contributed by atoms with E-state index < -0.39 is 0 Å². The van der Waals surface area contributed by atoms with Crippen LogP contribution in [0, 0.1) is 0 Å². The zero-order chi connectivity index (χ0) is 20.6. The van der Waals surface area contributed by atoms with E-state index in [1.807, 2.05) is 49.2 Å². The minimum absolute atomic E-state index is 0.306. The molecule has 0 aliphatic carbocycles. The van der Waals surface area contributed by atoms with Crippen LogP contribution in [0.15, 0.2) is 67.1 Å². The van der Waals surface area contributed by atoms with Crippen molar-refractivity contribution in [3.05, 3.63) is 72.7 Å². The molecule has 3 aromatic rings. The average Bonchev–Trinajstić information content (AvgIpc) is 2.74. The molecule has 0 aliphatic rings. The Morgan fingerprint density at radius 2 is 1.83 bits per heavy atom. The molecule has 29 heavy (non-hydrogen) atoms. The van der Waals surface area contributed by atoms with Gasteiger partial charge in [-0.1, -0.05) is 18.2 Å². The fourth-order valence-corrected chi connectivity index (χ4v) is 2.70. The van der Waals surface area contributed by atoms with Crippen molar-refractivity contribution in [2.24, 2.45) is 0 Å². The Hall–Kier alpha value is -3.94. The zero-order valence-corrected chi connectivity index (χ0v) is 16.2. The number of carbonyl (C=O) groups excluding carboxylic acids is 2. The second-order valence-electron chi connectivity index (χ2n) is 6.16. The molecule has 0 fully saturated rings. The van der Waals surface area contributed by atoms with Crippen molar-refractivity contribution in [2.45, 2.75) is 6.92 Å². The smallest absolute Gasteiger partial charge is 0.320 e. The van der Waals surface area contributed by atoms with Crippen LogP contribution >= 0.6 is 0 Å².